The maximum absolute atomic E-state index is 12.6. The summed E-state index contributed by atoms with van der Waals surface area (Å²) in [6.45, 7) is 3.05. The zero-order chi connectivity index (χ0) is 20.0. The lowest BCUT2D eigenvalue weighted by molar-refractivity contribution is -0.151. The molecule has 0 radical (unpaired) electrons. The van der Waals surface area contributed by atoms with Crippen molar-refractivity contribution in [3.8, 4) is 11.8 Å². The molecule has 0 atom stereocenters. The molecule has 5 heteroatoms. The van der Waals surface area contributed by atoms with Gasteiger partial charge in [0.25, 0.3) is 0 Å². The summed E-state index contributed by atoms with van der Waals surface area (Å²) in [7, 11) is 2.00. The second-order valence-corrected chi connectivity index (χ2v) is 7.53. The lowest BCUT2D eigenvalue weighted by atomic mass is 9.79. The Balaban J connectivity index is 1.51. The Bertz CT molecular complexity index is 810. The molecule has 1 aliphatic heterocycles. The first-order chi connectivity index (χ1) is 13.5. The van der Waals surface area contributed by atoms with E-state index in [0.29, 0.717) is 30.5 Å². The van der Waals surface area contributed by atoms with E-state index >= 15 is 0 Å². The van der Waals surface area contributed by atoms with Crippen LogP contribution < -0.4 is 0 Å². The Labute approximate surface area is 166 Å². The van der Waals surface area contributed by atoms with Gasteiger partial charge >= 0.3 is 11.9 Å². The summed E-state index contributed by atoms with van der Waals surface area (Å²) in [5.74, 6) is 5.04. The molecule has 0 saturated heterocycles. The van der Waals surface area contributed by atoms with Gasteiger partial charge in [0, 0.05) is 12.1 Å². The quantitative estimate of drug-likeness (QED) is 0.579. The number of ether oxygens (including phenoxy) is 2. The van der Waals surface area contributed by atoms with E-state index < -0.39 is 17.5 Å². The first kappa shape index (κ1) is 20.2. The predicted octanol–water partition coefficient (Wildman–Crippen LogP) is 3.24. The fourth-order valence-electron chi connectivity index (χ4n) is 3.93. The van der Waals surface area contributed by atoms with E-state index in [1.54, 1.807) is 6.92 Å². The van der Waals surface area contributed by atoms with Gasteiger partial charge in [0.2, 0.25) is 0 Å². The van der Waals surface area contributed by atoms with E-state index in [0.717, 1.165) is 25.8 Å². The van der Waals surface area contributed by atoms with Gasteiger partial charge in [-0.2, -0.15) is 0 Å². The smallest absolute Gasteiger partial charge is 0.339 e. The highest BCUT2D eigenvalue weighted by Crippen LogP contribution is 2.44. The Morgan fingerprint density at radius 2 is 1.89 bits per heavy atom. The van der Waals surface area contributed by atoms with Crippen molar-refractivity contribution in [2.45, 2.75) is 51.2 Å². The fourth-order valence-corrected chi connectivity index (χ4v) is 3.93. The monoisotopic (exact) mass is 381 g/mol. The topological polar surface area (TPSA) is 55.8 Å². The first-order valence-corrected chi connectivity index (χ1v) is 9.82. The summed E-state index contributed by atoms with van der Waals surface area (Å²) in [6.07, 6.45) is 4.38. The third-order valence-electron chi connectivity index (χ3n) is 5.33. The summed E-state index contributed by atoms with van der Waals surface area (Å²) in [6, 6.07) is 10.2. The summed E-state index contributed by atoms with van der Waals surface area (Å²) < 4.78 is 10.9. The third kappa shape index (κ3) is 4.63. The molecule has 1 aliphatic carbocycles. The SMILES string of the molecule is CC1=C(C(=O)OCC#CCN(C)Cc2ccccc2)C2(CCCCC2)OC1=O. The number of hydrogen-bond acceptors (Lipinski definition) is 5. The van der Waals surface area contributed by atoms with Crippen molar-refractivity contribution < 1.29 is 19.1 Å². The molecule has 148 valence electrons. The minimum absolute atomic E-state index is 0.0130. The van der Waals surface area contributed by atoms with Gasteiger partial charge in [0.05, 0.1) is 12.1 Å². The molecular weight excluding hydrogens is 354 g/mol. The molecule has 0 unspecified atom stereocenters. The highest BCUT2D eigenvalue weighted by atomic mass is 16.6. The van der Waals surface area contributed by atoms with Crippen LogP contribution in [0.3, 0.4) is 0 Å². The molecule has 0 N–H and O–H groups in total. The summed E-state index contributed by atoms with van der Waals surface area (Å²) >= 11 is 0. The molecule has 0 aromatic heterocycles. The maximum Gasteiger partial charge on any atom is 0.339 e. The number of benzene rings is 1. The van der Waals surface area contributed by atoms with Crippen LogP contribution in [0, 0.1) is 11.8 Å². The normalized spacial score (nSPS) is 18.0. The summed E-state index contributed by atoms with van der Waals surface area (Å²) in [4.78, 5) is 26.8. The average molecular weight is 381 g/mol. The van der Waals surface area contributed by atoms with Crippen LogP contribution in [0.4, 0.5) is 0 Å². The van der Waals surface area contributed by atoms with E-state index in [4.69, 9.17) is 9.47 Å². The second-order valence-electron chi connectivity index (χ2n) is 7.53. The number of carbonyl (C=O) groups is 2. The first-order valence-electron chi connectivity index (χ1n) is 9.82. The molecule has 2 aliphatic rings. The van der Waals surface area contributed by atoms with Crippen molar-refractivity contribution in [3.63, 3.8) is 0 Å². The Kier molecular flexibility index (Phi) is 6.53. The van der Waals surface area contributed by atoms with Crippen LogP contribution in [0.25, 0.3) is 0 Å². The third-order valence-corrected chi connectivity index (χ3v) is 5.33. The zero-order valence-corrected chi connectivity index (χ0v) is 16.6. The van der Waals surface area contributed by atoms with Crippen molar-refractivity contribution >= 4 is 11.9 Å². The van der Waals surface area contributed by atoms with E-state index in [1.807, 2.05) is 25.2 Å². The second kappa shape index (κ2) is 9.07. The zero-order valence-electron chi connectivity index (χ0n) is 16.6. The van der Waals surface area contributed by atoms with Gasteiger partial charge in [0.15, 0.2) is 6.61 Å². The average Bonchev–Trinajstić information content (AvgIpc) is 2.92. The molecule has 1 fully saturated rings. The van der Waals surface area contributed by atoms with E-state index in [2.05, 4.69) is 28.9 Å². The van der Waals surface area contributed by atoms with Crippen LogP contribution in [0.1, 0.15) is 44.6 Å². The van der Waals surface area contributed by atoms with Crippen LogP contribution in [-0.4, -0.2) is 42.6 Å². The van der Waals surface area contributed by atoms with Crippen LogP contribution in [0.15, 0.2) is 41.5 Å². The van der Waals surface area contributed by atoms with Gasteiger partial charge in [-0.25, -0.2) is 9.59 Å². The molecule has 1 saturated carbocycles. The molecule has 1 aromatic carbocycles. The molecule has 1 spiro atoms. The van der Waals surface area contributed by atoms with Gasteiger partial charge < -0.3 is 9.47 Å². The predicted molar refractivity (Wildman–Crippen MR) is 106 cm³/mol. The van der Waals surface area contributed by atoms with Crippen molar-refractivity contribution in [1.82, 2.24) is 4.90 Å². The van der Waals surface area contributed by atoms with Crippen LogP contribution in [0.5, 0.6) is 0 Å². The van der Waals surface area contributed by atoms with E-state index in [-0.39, 0.29) is 6.61 Å². The minimum atomic E-state index is -0.778. The van der Waals surface area contributed by atoms with Gasteiger partial charge in [0.1, 0.15) is 5.60 Å². The molecular formula is C23H27NO4. The molecule has 5 nitrogen and oxygen atoms in total. The highest BCUT2D eigenvalue weighted by Gasteiger charge is 2.50. The molecule has 1 heterocycles. The van der Waals surface area contributed by atoms with Crippen molar-refractivity contribution in [3.05, 3.63) is 47.0 Å². The lowest BCUT2D eigenvalue weighted by Crippen LogP contribution is -2.38. The summed E-state index contributed by atoms with van der Waals surface area (Å²) in [5, 5.41) is 0. The Morgan fingerprint density at radius 1 is 1.18 bits per heavy atom. The fraction of sp³-hybridized carbons (Fsp3) is 0.478. The Hall–Kier alpha value is -2.58. The van der Waals surface area contributed by atoms with Crippen molar-refractivity contribution in [2.75, 3.05) is 20.2 Å². The van der Waals surface area contributed by atoms with Crippen LogP contribution >= 0.6 is 0 Å². The number of esters is 2. The van der Waals surface area contributed by atoms with Gasteiger partial charge in [-0.05, 0) is 45.2 Å². The van der Waals surface area contributed by atoms with Crippen LogP contribution in [0.2, 0.25) is 0 Å². The highest BCUT2D eigenvalue weighted by molar-refractivity contribution is 6.05. The molecule has 3 rings (SSSR count). The standard InChI is InChI=1S/C23H27NO4/c1-18-20(23(28-21(18)25)13-7-4-8-14-23)22(26)27-16-10-9-15-24(2)17-19-11-5-3-6-12-19/h3,5-6,11-12H,4,7-8,13-17H2,1-2H3. The van der Waals surface area contributed by atoms with Crippen LogP contribution in [-0.2, 0) is 25.6 Å². The minimum Gasteiger partial charge on any atom is -0.451 e. The molecule has 0 bridgehead atoms. The van der Waals surface area contributed by atoms with Crippen molar-refractivity contribution in [1.29, 1.82) is 0 Å². The molecule has 1 aromatic rings. The van der Waals surface area contributed by atoms with E-state index in [1.165, 1.54) is 5.56 Å². The lowest BCUT2D eigenvalue weighted by Gasteiger charge is -2.33. The van der Waals surface area contributed by atoms with E-state index in [9.17, 15) is 9.59 Å². The molecule has 28 heavy (non-hydrogen) atoms. The van der Waals surface area contributed by atoms with Gasteiger partial charge in [-0.1, -0.05) is 48.6 Å². The number of hydrogen-bond donors (Lipinski definition) is 0. The number of carbonyl (C=O) groups excluding carboxylic acids is 2. The largest absolute Gasteiger partial charge is 0.451 e. The van der Waals surface area contributed by atoms with Crippen molar-refractivity contribution in [2.24, 2.45) is 0 Å². The number of nitrogens with zero attached hydrogens (tertiary/aromatic N) is 1. The van der Waals surface area contributed by atoms with Gasteiger partial charge in [-0.3, -0.25) is 4.90 Å². The summed E-state index contributed by atoms with van der Waals surface area (Å²) in [5.41, 5.74) is 1.23. The van der Waals surface area contributed by atoms with Gasteiger partial charge in [-0.15, -0.1) is 0 Å². The Morgan fingerprint density at radius 3 is 2.61 bits per heavy atom. The molecule has 0 amide bonds. The maximum atomic E-state index is 12.6. The number of rotatable bonds is 5.